The molecule has 4 heteroatoms. The highest BCUT2D eigenvalue weighted by atomic mass is 16.3. The van der Waals surface area contributed by atoms with Gasteiger partial charge < -0.3 is 18.3 Å². The molecule has 0 saturated carbocycles. The van der Waals surface area contributed by atoms with Gasteiger partial charge in [0, 0.05) is 55.0 Å². The topological polar surface area (TPSA) is 34.5 Å². The summed E-state index contributed by atoms with van der Waals surface area (Å²) >= 11 is 0. The predicted molar refractivity (Wildman–Crippen MR) is 284 cm³/mol. The summed E-state index contributed by atoms with van der Waals surface area (Å²) in [5, 5.41) is 9.25. The molecule has 0 aliphatic carbocycles. The average Bonchev–Trinajstić information content (AvgIpc) is 4.10. The van der Waals surface area contributed by atoms with Crippen LogP contribution in [0.5, 0.6) is 0 Å². The fourth-order valence-corrected chi connectivity index (χ4v) is 10.7. The van der Waals surface area contributed by atoms with E-state index in [1.165, 1.54) is 27.1 Å². The first-order chi connectivity index (χ1) is 33.7. The molecule has 0 unspecified atom stereocenters. The van der Waals surface area contributed by atoms with Gasteiger partial charge in [0.25, 0.3) is 0 Å². The Hall–Kier alpha value is -9.12. The lowest BCUT2D eigenvalue weighted by Crippen LogP contribution is -2.10. The van der Waals surface area contributed by atoms with Gasteiger partial charge >= 0.3 is 0 Å². The summed E-state index contributed by atoms with van der Waals surface area (Å²) < 4.78 is 16.0. The molecule has 11 aromatic carbocycles. The van der Waals surface area contributed by atoms with Crippen molar-refractivity contribution in [2.45, 2.75) is 0 Å². The van der Waals surface area contributed by atoms with Gasteiger partial charge in [0.15, 0.2) is 0 Å². The Balaban J connectivity index is 0.968. The fraction of sp³-hybridized carbons (Fsp3) is 0. The molecule has 0 amide bonds. The van der Waals surface area contributed by atoms with Crippen molar-refractivity contribution in [2.75, 3.05) is 4.90 Å². The minimum absolute atomic E-state index is 0.836. The number of furan rings is 2. The molecule has 3 heterocycles. The van der Waals surface area contributed by atoms with E-state index in [1.807, 2.05) is 12.1 Å². The number of anilines is 3. The number of hydrogen-bond donors (Lipinski definition) is 0. The van der Waals surface area contributed by atoms with Crippen molar-refractivity contribution in [1.29, 1.82) is 0 Å². The Bertz CT molecular complexity index is 4210. The maximum atomic E-state index is 7.06. The highest BCUT2D eigenvalue weighted by Gasteiger charge is 2.25. The van der Waals surface area contributed by atoms with E-state index in [-0.39, 0.29) is 0 Å². The second-order valence-electron chi connectivity index (χ2n) is 17.6. The molecular formula is C64H40N2O2. The lowest BCUT2D eigenvalue weighted by atomic mass is 9.97. The van der Waals surface area contributed by atoms with Crippen LogP contribution in [0, 0.1) is 0 Å². The lowest BCUT2D eigenvalue weighted by Gasteiger charge is -2.27. The van der Waals surface area contributed by atoms with Crippen LogP contribution in [0.2, 0.25) is 0 Å². The first kappa shape index (κ1) is 38.2. The van der Waals surface area contributed by atoms with Gasteiger partial charge in [0.2, 0.25) is 0 Å². The number of aromatic nitrogens is 1. The minimum atomic E-state index is 0.836. The number of nitrogens with zero attached hydrogens (tertiary/aromatic N) is 2. The van der Waals surface area contributed by atoms with Crippen molar-refractivity contribution in [3.8, 4) is 39.1 Å². The molecule has 14 aromatic rings. The second kappa shape index (κ2) is 15.2. The van der Waals surface area contributed by atoms with Crippen molar-refractivity contribution in [3.63, 3.8) is 0 Å². The fourth-order valence-electron chi connectivity index (χ4n) is 10.7. The van der Waals surface area contributed by atoms with Gasteiger partial charge in [-0.1, -0.05) is 170 Å². The van der Waals surface area contributed by atoms with Crippen molar-refractivity contribution in [1.82, 2.24) is 4.57 Å². The summed E-state index contributed by atoms with van der Waals surface area (Å²) in [7, 11) is 0. The average molecular weight is 869 g/mol. The van der Waals surface area contributed by atoms with Crippen LogP contribution in [0.4, 0.5) is 17.1 Å². The molecule has 0 aliphatic rings. The first-order valence-corrected chi connectivity index (χ1v) is 23.2. The van der Waals surface area contributed by atoms with E-state index in [0.717, 1.165) is 105 Å². The van der Waals surface area contributed by atoms with Crippen molar-refractivity contribution in [2.24, 2.45) is 0 Å². The monoisotopic (exact) mass is 868 g/mol. The van der Waals surface area contributed by atoms with Gasteiger partial charge in [-0.2, -0.15) is 0 Å². The Labute approximate surface area is 391 Å². The standard InChI is InChI=1S/C64H40N2O2/c1-2-15-44-40-45(29-28-41(44)14-1)42-30-34-46(35-31-42)65(47-36-32-43(33-37-47)48-21-13-22-53-52-19-6-11-26-60(52)67-63(48)53)59-39-38-54(64-62(59)55-20-7-12-27-61(55)68-64)51-18-5-10-25-58(51)66-56-23-8-3-16-49(56)50-17-4-9-24-57(50)66/h1-40H. The van der Waals surface area contributed by atoms with E-state index in [2.05, 4.69) is 240 Å². The molecule has 0 atom stereocenters. The summed E-state index contributed by atoms with van der Waals surface area (Å²) in [5.41, 5.74) is 16.6. The molecule has 4 nitrogen and oxygen atoms in total. The van der Waals surface area contributed by atoms with Crippen LogP contribution in [-0.4, -0.2) is 4.57 Å². The van der Waals surface area contributed by atoms with Gasteiger partial charge in [-0.3, -0.25) is 0 Å². The highest BCUT2D eigenvalue weighted by Crippen LogP contribution is 2.48. The van der Waals surface area contributed by atoms with Crippen LogP contribution in [0.15, 0.2) is 251 Å². The Morgan fingerprint density at radius 2 is 0.868 bits per heavy atom. The van der Waals surface area contributed by atoms with Crippen LogP contribution >= 0.6 is 0 Å². The number of hydrogen-bond acceptors (Lipinski definition) is 3. The molecule has 3 aromatic heterocycles. The van der Waals surface area contributed by atoms with E-state index < -0.39 is 0 Å². The normalized spacial score (nSPS) is 11.8. The molecule has 0 fully saturated rings. The van der Waals surface area contributed by atoms with Crippen LogP contribution in [0.25, 0.3) is 116 Å². The second-order valence-corrected chi connectivity index (χ2v) is 17.6. The highest BCUT2D eigenvalue weighted by molar-refractivity contribution is 6.18. The molecule has 0 aliphatic heterocycles. The predicted octanol–water partition coefficient (Wildman–Crippen LogP) is 18.2. The maximum Gasteiger partial charge on any atom is 0.145 e. The molecule has 0 N–H and O–H groups in total. The van der Waals surface area contributed by atoms with Gasteiger partial charge in [-0.05, 0) is 100 Å². The number of benzene rings is 11. The summed E-state index contributed by atoms with van der Waals surface area (Å²) in [4.78, 5) is 2.38. The van der Waals surface area contributed by atoms with E-state index in [9.17, 15) is 0 Å². The largest absolute Gasteiger partial charge is 0.455 e. The minimum Gasteiger partial charge on any atom is -0.455 e. The Kier molecular flexibility index (Phi) is 8.55. The number of para-hydroxylation sites is 6. The smallest absolute Gasteiger partial charge is 0.145 e. The van der Waals surface area contributed by atoms with Crippen molar-refractivity contribution >= 4 is 93.5 Å². The molecular weight excluding hydrogens is 829 g/mol. The molecule has 0 saturated heterocycles. The van der Waals surface area contributed by atoms with Crippen LogP contribution < -0.4 is 4.90 Å². The summed E-state index contributed by atoms with van der Waals surface area (Å²) in [6.07, 6.45) is 0. The zero-order valence-electron chi connectivity index (χ0n) is 36.8. The molecule has 0 radical (unpaired) electrons. The van der Waals surface area contributed by atoms with Crippen molar-refractivity contribution in [3.05, 3.63) is 243 Å². The first-order valence-electron chi connectivity index (χ1n) is 23.2. The summed E-state index contributed by atoms with van der Waals surface area (Å²) in [6, 6.07) is 86.9. The molecule has 318 valence electrons. The summed E-state index contributed by atoms with van der Waals surface area (Å²) in [6.45, 7) is 0. The maximum absolute atomic E-state index is 7.06. The number of rotatable bonds is 7. The Morgan fingerprint density at radius 1 is 0.324 bits per heavy atom. The molecule has 0 spiro atoms. The molecule has 14 rings (SSSR count). The molecule has 0 bridgehead atoms. The van der Waals surface area contributed by atoms with E-state index in [4.69, 9.17) is 8.83 Å². The zero-order chi connectivity index (χ0) is 44.7. The zero-order valence-corrected chi connectivity index (χ0v) is 36.8. The Morgan fingerprint density at radius 3 is 1.62 bits per heavy atom. The van der Waals surface area contributed by atoms with E-state index in [1.54, 1.807) is 0 Å². The van der Waals surface area contributed by atoms with Crippen molar-refractivity contribution < 1.29 is 8.83 Å². The molecule has 68 heavy (non-hydrogen) atoms. The van der Waals surface area contributed by atoms with Crippen LogP contribution in [0.3, 0.4) is 0 Å². The third-order valence-electron chi connectivity index (χ3n) is 13.8. The van der Waals surface area contributed by atoms with Gasteiger partial charge in [0.05, 0.1) is 27.8 Å². The van der Waals surface area contributed by atoms with E-state index in [0.29, 0.717) is 0 Å². The lowest BCUT2D eigenvalue weighted by molar-refractivity contribution is 0.669. The van der Waals surface area contributed by atoms with Crippen LogP contribution in [0.1, 0.15) is 0 Å². The third-order valence-corrected chi connectivity index (χ3v) is 13.8. The van der Waals surface area contributed by atoms with E-state index >= 15 is 0 Å². The van der Waals surface area contributed by atoms with Crippen LogP contribution in [-0.2, 0) is 0 Å². The number of fused-ring (bicyclic) bond motifs is 10. The van der Waals surface area contributed by atoms with Gasteiger partial charge in [-0.15, -0.1) is 0 Å². The van der Waals surface area contributed by atoms with Gasteiger partial charge in [0.1, 0.15) is 22.3 Å². The quantitative estimate of drug-likeness (QED) is 0.160. The SMILES string of the molecule is c1ccc(-n2c3ccccc3c3ccccc32)c(-c2ccc(N(c3ccc(-c4ccc5ccccc5c4)cc3)c3ccc(-c4cccc5c4oc4ccccc45)cc3)c3c2oc2ccccc23)c1. The summed E-state index contributed by atoms with van der Waals surface area (Å²) in [5.74, 6) is 0. The third kappa shape index (κ3) is 5.94. The van der Waals surface area contributed by atoms with Gasteiger partial charge in [-0.25, -0.2) is 0 Å².